The van der Waals surface area contributed by atoms with Gasteiger partial charge in [-0.1, -0.05) is 6.07 Å². The lowest BCUT2D eigenvalue weighted by Crippen LogP contribution is -2.19. The van der Waals surface area contributed by atoms with E-state index in [-0.39, 0.29) is 18.7 Å². The first kappa shape index (κ1) is 13.9. The van der Waals surface area contributed by atoms with Crippen molar-refractivity contribution in [3.63, 3.8) is 0 Å². The van der Waals surface area contributed by atoms with Crippen LogP contribution >= 0.6 is 0 Å². The number of aryl methyl sites for hydroxylation is 1. The molecular formula is C15H20O4. The molecule has 0 amide bonds. The minimum absolute atomic E-state index is 0.104. The van der Waals surface area contributed by atoms with Gasteiger partial charge in [0.25, 0.3) is 0 Å². The largest absolute Gasteiger partial charge is 0.482 e. The van der Waals surface area contributed by atoms with Crippen molar-refractivity contribution in [1.82, 2.24) is 0 Å². The van der Waals surface area contributed by atoms with Crippen molar-refractivity contribution in [3.8, 4) is 5.75 Å². The Morgan fingerprint density at radius 1 is 1.47 bits per heavy atom. The maximum Gasteiger partial charge on any atom is 0.344 e. The minimum Gasteiger partial charge on any atom is -0.482 e. The summed E-state index contributed by atoms with van der Waals surface area (Å²) < 4.78 is 10.4. The molecule has 0 saturated carbocycles. The molecule has 4 heteroatoms. The number of ether oxygens (including phenoxy) is 2. The molecule has 0 heterocycles. The van der Waals surface area contributed by atoms with Crippen LogP contribution in [0.25, 0.3) is 0 Å². The third kappa shape index (κ3) is 3.70. The number of aliphatic hydroxyl groups is 1. The standard InChI is InChI=1S/C15H20O4/c1-10(2)19-15(17)9-18-12-7-6-11-4-3-5-14(16)13(11)8-12/h6-8,10,14,16H,3-5,9H2,1-2H3/t14-/m1/s1. The first-order valence-corrected chi connectivity index (χ1v) is 6.69. The van der Waals surface area contributed by atoms with Crippen molar-refractivity contribution < 1.29 is 19.4 Å². The van der Waals surface area contributed by atoms with Crippen LogP contribution in [-0.4, -0.2) is 23.8 Å². The van der Waals surface area contributed by atoms with Crippen LogP contribution in [0, 0.1) is 0 Å². The number of carbonyl (C=O) groups excluding carboxylic acids is 1. The summed E-state index contributed by atoms with van der Waals surface area (Å²) in [6.45, 7) is 3.49. The van der Waals surface area contributed by atoms with Gasteiger partial charge in [-0.3, -0.25) is 0 Å². The molecule has 0 bridgehead atoms. The predicted octanol–water partition coefficient (Wildman–Crippen LogP) is 2.39. The zero-order chi connectivity index (χ0) is 13.8. The molecule has 1 aromatic rings. The van der Waals surface area contributed by atoms with E-state index in [9.17, 15) is 9.90 Å². The maximum absolute atomic E-state index is 11.4. The van der Waals surface area contributed by atoms with Crippen molar-refractivity contribution in [2.24, 2.45) is 0 Å². The second-order valence-corrected chi connectivity index (χ2v) is 5.10. The topological polar surface area (TPSA) is 55.8 Å². The van der Waals surface area contributed by atoms with Crippen LogP contribution < -0.4 is 4.74 Å². The first-order chi connectivity index (χ1) is 9.06. The fourth-order valence-corrected chi connectivity index (χ4v) is 2.28. The third-order valence-corrected chi connectivity index (χ3v) is 3.12. The SMILES string of the molecule is CC(C)OC(=O)COc1ccc2c(c1)[C@H](O)CCC2. The van der Waals surface area contributed by atoms with Crippen molar-refractivity contribution >= 4 is 5.97 Å². The van der Waals surface area contributed by atoms with Gasteiger partial charge in [-0.2, -0.15) is 0 Å². The molecule has 4 nitrogen and oxygen atoms in total. The van der Waals surface area contributed by atoms with Gasteiger partial charge in [0.15, 0.2) is 6.61 Å². The van der Waals surface area contributed by atoms with Gasteiger partial charge in [-0.15, -0.1) is 0 Å². The number of rotatable bonds is 4. The van der Waals surface area contributed by atoms with Gasteiger partial charge in [0.2, 0.25) is 0 Å². The molecule has 0 aliphatic heterocycles. The van der Waals surface area contributed by atoms with Gasteiger partial charge >= 0.3 is 5.97 Å². The number of aliphatic hydroxyl groups excluding tert-OH is 1. The number of hydrogen-bond donors (Lipinski definition) is 1. The Morgan fingerprint density at radius 2 is 2.26 bits per heavy atom. The van der Waals surface area contributed by atoms with E-state index < -0.39 is 6.10 Å². The summed E-state index contributed by atoms with van der Waals surface area (Å²) in [5, 5.41) is 9.93. The van der Waals surface area contributed by atoms with E-state index in [1.165, 1.54) is 0 Å². The second-order valence-electron chi connectivity index (χ2n) is 5.10. The maximum atomic E-state index is 11.4. The van der Waals surface area contributed by atoms with E-state index in [4.69, 9.17) is 9.47 Å². The molecule has 0 spiro atoms. The number of benzene rings is 1. The van der Waals surface area contributed by atoms with Gasteiger partial charge in [0.05, 0.1) is 12.2 Å². The summed E-state index contributed by atoms with van der Waals surface area (Å²) in [5.74, 6) is 0.216. The van der Waals surface area contributed by atoms with Crippen LogP contribution in [0.2, 0.25) is 0 Å². The zero-order valence-electron chi connectivity index (χ0n) is 11.4. The van der Waals surface area contributed by atoms with E-state index in [1.807, 2.05) is 18.2 Å². The molecule has 1 aromatic carbocycles. The fraction of sp³-hybridized carbons (Fsp3) is 0.533. The van der Waals surface area contributed by atoms with E-state index in [0.717, 1.165) is 30.4 Å². The Balaban J connectivity index is 1.98. The number of esters is 1. The van der Waals surface area contributed by atoms with E-state index in [0.29, 0.717) is 5.75 Å². The van der Waals surface area contributed by atoms with Gasteiger partial charge in [-0.25, -0.2) is 4.79 Å². The van der Waals surface area contributed by atoms with Crippen molar-refractivity contribution in [1.29, 1.82) is 0 Å². The Hall–Kier alpha value is -1.55. The molecule has 19 heavy (non-hydrogen) atoms. The lowest BCUT2D eigenvalue weighted by molar-refractivity contribution is -0.149. The highest BCUT2D eigenvalue weighted by molar-refractivity contribution is 5.71. The minimum atomic E-state index is -0.421. The van der Waals surface area contributed by atoms with Crippen molar-refractivity contribution in [2.45, 2.75) is 45.3 Å². The molecule has 1 atom stereocenters. The number of fused-ring (bicyclic) bond motifs is 1. The summed E-state index contributed by atoms with van der Waals surface area (Å²) >= 11 is 0. The van der Waals surface area contributed by atoms with Crippen LogP contribution in [0.4, 0.5) is 0 Å². The van der Waals surface area contributed by atoms with Gasteiger partial charge in [-0.05, 0) is 56.4 Å². The third-order valence-electron chi connectivity index (χ3n) is 3.12. The molecule has 0 unspecified atom stereocenters. The summed E-state index contributed by atoms with van der Waals surface area (Å²) in [4.78, 5) is 11.4. The van der Waals surface area contributed by atoms with Crippen LogP contribution in [0.5, 0.6) is 5.75 Å². The summed E-state index contributed by atoms with van der Waals surface area (Å²) in [5.41, 5.74) is 2.08. The first-order valence-electron chi connectivity index (χ1n) is 6.69. The Morgan fingerprint density at radius 3 is 3.00 bits per heavy atom. The van der Waals surface area contributed by atoms with Gasteiger partial charge < -0.3 is 14.6 Å². The molecular weight excluding hydrogens is 244 g/mol. The summed E-state index contributed by atoms with van der Waals surface area (Å²) in [6, 6.07) is 5.61. The molecule has 0 fully saturated rings. The molecule has 0 radical (unpaired) electrons. The van der Waals surface area contributed by atoms with Crippen LogP contribution in [0.1, 0.15) is 43.9 Å². The smallest absolute Gasteiger partial charge is 0.344 e. The lowest BCUT2D eigenvalue weighted by atomic mass is 9.89. The quantitative estimate of drug-likeness (QED) is 0.848. The highest BCUT2D eigenvalue weighted by atomic mass is 16.6. The summed E-state index contributed by atoms with van der Waals surface area (Å²) in [7, 11) is 0. The average Bonchev–Trinajstić information content (AvgIpc) is 2.36. The molecule has 1 aliphatic carbocycles. The molecule has 104 valence electrons. The molecule has 0 saturated heterocycles. The Bertz CT molecular complexity index is 453. The average molecular weight is 264 g/mol. The van der Waals surface area contributed by atoms with Crippen molar-refractivity contribution in [2.75, 3.05) is 6.61 Å². The summed E-state index contributed by atoms with van der Waals surface area (Å²) in [6.07, 6.45) is 2.22. The molecule has 1 aliphatic rings. The fourth-order valence-electron chi connectivity index (χ4n) is 2.28. The van der Waals surface area contributed by atoms with E-state index >= 15 is 0 Å². The normalized spacial score (nSPS) is 18.0. The van der Waals surface area contributed by atoms with Crippen LogP contribution in [-0.2, 0) is 16.0 Å². The predicted molar refractivity (Wildman–Crippen MR) is 71.1 cm³/mol. The molecule has 1 N–H and O–H groups in total. The highest BCUT2D eigenvalue weighted by Gasteiger charge is 2.18. The monoisotopic (exact) mass is 264 g/mol. The molecule has 2 rings (SSSR count). The zero-order valence-corrected chi connectivity index (χ0v) is 11.4. The Labute approximate surface area is 113 Å². The highest BCUT2D eigenvalue weighted by Crippen LogP contribution is 2.32. The molecule has 0 aromatic heterocycles. The van der Waals surface area contributed by atoms with E-state index in [2.05, 4.69) is 0 Å². The van der Waals surface area contributed by atoms with Gasteiger partial charge in [0, 0.05) is 0 Å². The van der Waals surface area contributed by atoms with Crippen LogP contribution in [0.15, 0.2) is 18.2 Å². The Kier molecular flexibility index (Phi) is 4.43. The number of hydrogen-bond acceptors (Lipinski definition) is 4. The number of carbonyl (C=O) groups is 1. The van der Waals surface area contributed by atoms with Crippen LogP contribution in [0.3, 0.4) is 0 Å². The lowest BCUT2D eigenvalue weighted by Gasteiger charge is -2.21. The second kappa shape index (κ2) is 6.06. The van der Waals surface area contributed by atoms with Gasteiger partial charge in [0.1, 0.15) is 5.75 Å². The van der Waals surface area contributed by atoms with Crippen molar-refractivity contribution in [3.05, 3.63) is 29.3 Å². The van der Waals surface area contributed by atoms with E-state index in [1.54, 1.807) is 13.8 Å².